The van der Waals surface area contributed by atoms with Crippen LogP contribution in [0.1, 0.15) is 29.6 Å². The molecule has 3 N–H and O–H groups in total. The van der Waals surface area contributed by atoms with Gasteiger partial charge < -0.3 is 15.4 Å². The fourth-order valence-electron chi connectivity index (χ4n) is 1.29. The van der Waals surface area contributed by atoms with Crippen molar-refractivity contribution in [3.8, 4) is 0 Å². The van der Waals surface area contributed by atoms with Crippen LogP contribution in [-0.4, -0.2) is 28.5 Å². The molecule has 0 saturated heterocycles. The third kappa shape index (κ3) is 4.50. The summed E-state index contributed by atoms with van der Waals surface area (Å²) in [6.07, 6.45) is 3.95. The molecule has 1 heterocycles. The molecular formula is C11H14N2O4. The van der Waals surface area contributed by atoms with E-state index in [1.807, 2.05) is 0 Å². The molecule has 17 heavy (non-hydrogen) atoms. The molecule has 0 radical (unpaired) electrons. The van der Waals surface area contributed by atoms with E-state index in [2.05, 4.69) is 10.3 Å². The Morgan fingerprint density at radius 3 is 2.76 bits per heavy atom. The zero-order chi connectivity index (χ0) is 12.7. The number of aliphatic carboxylic acids is 1. The Hall–Kier alpha value is -2.11. The lowest BCUT2D eigenvalue weighted by molar-refractivity contribution is -0.137. The maximum absolute atomic E-state index is 11.5. The van der Waals surface area contributed by atoms with Crippen LogP contribution in [0.2, 0.25) is 0 Å². The van der Waals surface area contributed by atoms with E-state index < -0.39 is 11.9 Å². The zero-order valence-corrected chi connectivity index (χ0v) is 9.23. The van der Waals surface area contributed by atoms with Gasteiger partial charge in [-0.2, -0.15) is 0 Å². The summed E-state index contributed by atoms with van der Waals surface area (Å²) >= 11 is 0. The van der Waals surface area contributed by atoms with Crippen LogP contribution in [-0.2, 0) is 4.79 Å². The number of carboxylic acids is 1. The summed E-state index contributed by atoms with van der Waals surface area (Å²) in [6, 6.07) is 1.28. The molecule has 6 nitrogen and oxygen atoms in total. The highest BCUT2D eigenvalue weighted by molar-refractivity contribution is 5.93. The third-order valence-electron chi connectivity index (χ3n) is 2.17. The van der Waals surface area contributed by atoms with Crippen molar-refractivity contribution in [2.75, 3.05) is 6.54 Å². The topological polar surface area (TPSA) is 99.3 Å². The van der Waals surface area contributed by atoms with Crippen LogP contribution in [0.5, 0.6) is 0 Å². The number of rotatable bonds is 6. The number of carbonyl (C=O) groups is 2. The molecule has 0 aromatic carbocycles. The highest BCUT2D eigenvalue weighted by Crippen LogP contribution is 1.94. The molecular weight excluding hydrogens is 224 g/mol. The Kier molecular flexibility index (Phi) is 4.93. The van der Waals surface area contributed by atoms with Gasteiger partial charge in [-0.15, -0.1) is 0 Å². The number of unbranched alkanes of at least 4 members (excludes halogenated alkanes) is 1. The maximum atomic E-state index is 11.5. The summed E-state index contributed by atoms with van der Waals surface area (Å²) in [5.41, 5.74) is -0.280. The molecule has 0 aliphatic rings. The number of aromatic amines is 1. The van der Waals surface area contributed by atoms with Crippen molar-refractivity contribution in [1.82, 2.24) is 10.3 Å². The molecule has 92 valence electrons. The minimum atomic E-state index is -0.851. The van der Waals surface area contributed by atoms with Gasteiger partial charge in [-0.25, -0.2) is 0 Å². The van der Waals surface area contributed by atoms with Gasteiger partial charge in [-0.05, 0) is 12.8 Å². The second-order valence-corrected chi connectivity index (χ2v) is 3.53. The molecule has 0 saturated carbocycles. The van der Waals surface area contributed by atoms with Gasteiger partial charge in [-0.3, -0.25) is 14.4 Å². The first kappa shape index (κ1) is 13.0. The van der Waals surface area contributed by atoms with Crippen molar-refractivity contribution in [2.24, 2.45) is 0 Å². The molecule has 6 heteroatoms. The second kappa shape index (κ2) is 6.47. The predicted octanol–water partition coefficient (Wildman–Crippen LogP) is 0.360. The van der Waals surface area contributed by atoms with Crippen molar-refractivity contribution in [1.29, 1.82) is 0 Å². The van der Waals surface area contributed by atoms with Crippen LogP contribution in [0.3, 0.4) is 0 Å². The number of carboxylic acid groups (broad SMARTS) is 1. The van der Waals surface area contributed by atoms with E-state index in [9.17, 15) is 14.4 Å². The van der Waals surface area contributed by atoms with Crippen LogP contribution in [0.4, 0.5) is 0 Å². The quantitative estimate of drug-likeness (QED) is 0.623. The number of amides is 1. The Morgan fingerprint density at radius 1 is 1.35 bits per heavy atom. The molecule has 0 spiro atoms. The molecule has 0 aliphatic heterocycles. The Morgan fingerprint density at radius 2 is 2.12 bits per heavy atom. The monoisotopic (exact) mass is 238 g/mol. The first-order valence-electron chi connectivity index (χ1n) is 5.28. The Balaban J connectivity index is 2.33. The van der Waals surface area contributed by atoms with Crippen LogP contribution in [0.15, 0.2) is 23.3 Å². The summed E-state index contributed by atoms with van der Waals surface area (Å²) < 4.78 is 0. The second-order valence-electron chi connectivity index (χ2n) is 3.53. The van der Waals surface area contributed by atoms with Crippen molar-refractivity contribution < 1.29 is 14.7 Å². The highest BCUT2D eigenvalue weighted by atomic mass is 16.4. The minimum absolute atomic E-state index is 0.0609. The number of H-pyrrole nitrogens is 1. The zero-order valence-electron chi connectivity index (χ0n) is 9.23. The number of hydrogen-bond donors (Lipinski definition) is 3. The highest BCUT2D eigenvalue weighted by Gasteiger charge is 2.08. The first-order chi connectivity index (χ1) is 8.11. The predicted molar refractivity (Wildman–Crippen MR) is 60.9 cm³/mol. The van der Waals surface area contributed by atoms with E-state index in [0.29, 0.717) is 19.4 Å². The van der Waals surface area contributed by atoms with Crippen LogP contribution in [0.25, 0.3) is 0 Å². The Bertz CT molecular complexity index is 453. The average molecular weight is 238 g/mol. The molecule has 0 fully saturated rings. The van der Waals surface area contributed by atoms with E-state index in [1.165, 1.54) is 18.5 Å². The molecule has 1 aromatic heterocycles. The van der Waals surface area contributed by atoms with Gasteiger partial charge in [0.1, 0.15) is 5.56 Å². The Labute approximate surface area is 97.7 Å². The van der Waals surface area contributed by atoms with E-state index in [0.717, 1.165) is 0 Å². The fraction of sp³-hybridized carbons (Fsp3) is 0.364. The normalized spacial score (nSPS) is 9.88. The van der Waals surface area contributed by atoms with Gasteiger partial charge in [0.25, 0.3) is 5.91 Å². The number of aromatic nitrogens is 1. The number of hydrogen-bond acceptors (Lipinski definition) is 3. The summed E-state index contributed by atoms with van der Waals surface area (Å²) in [6.45, 7) is 0.362. The summed E-state index contributed by atoms with van der Waals surface area (Å²) in [4.78, 5) is 35.7. The summed E-state index contributed by atoms with van der Waals surface area (Å²) in [5.74, 6) is -1.29. The first-order valence-corrected chi connectivity index (χ1v) is 5.28. The van der Waals surface area contributed by atoms with Gasteiger partial charge in [-0.1, -0.05) is 0 Å². The van der Waals surface area contributed by atoms with Crippen molar-refractivity contribution in [3.63, 3.8) is 0 Å². The summed E-state index contributed by atoms with van der Waals surface area (Å²) in [7, 11) is 0. The van der Waals surface area contributed by atoms with E-state index in [4.69, 9.17) is 5.11 Å². The van der Waals surface area contributed by atoms with Crippen LogP contribution in [0, 0.1) is 0 Å². The number of pyridine rings is 1. The molecule has 0 atom stereocenters. The lowest BCUT2D eigenvalue weighted by atomic mass is 10.2. The van der Waals surface area contributed by atoms with Crippen LogP contribution < -0.4 is 10.7 Å². The average Bonchev–Trinajstić information content (AvgIpc) is 2.28. The van der Waals surface area contributed by atoms with Crippen molar-refractivity contribution >= 4 is 11.9 Å². The van der Waals surface area contributed by atoms with Crippen LogP contribution >= 0.6 is 0 Å². The SMILES string of the molecule is O=C(O)CCCCNC(=O)c1c[nH]ccc1=O. The lowest BCUT2D eigenvalue weighted by Crippen LogP contribution is -2.29. The van der Waals surface area contributed by atoms with E-state index in [-0.39, 0.29) is 17.4 Å². The van der Waals surface area contributed by atoms with Gasteiger partial charge >= 0.3 is 5.97 Å². The third-order valence-corrected chi connectivity index (χ3v) is 2.17. The minimum Gasteiger partial charge on any atom is -0.481 e. The van der Waals surface area contributed by atoms with E-state index in [1.54, 1.807) is 0 Å². The largest absolute Gasteiger partial charge is 0.481 e. The fourth-order valence-corrected chi connectivity index (χ4v) is 1.29. The van der Waals surface area contributed by atoms with Gasteiger partial charge in [0.2, 0.25) is 0 Å². The molecule has 0 bridgehead atoms. The number of nitrogens with one attached hydrogen (secondary N) is 2. The smallest absolute Gasteiger partial charge is 0.303 e. The van der Waals surface area contributed by atoms with Gasteiger partial charge in [0.05, 0.1) is 0 Å². The summed E-state index contributed by atoms with van der Waals surface area (Å²) in [5, 5.41) is 11.0. The molecule has 0 unspecified atom stereocenters. The molecule has 1 rings (SSSR count). The lowest BCUT2D eigenvalue weighted by Gasteiger charge is -2.03. The maximum Gasteiger partial charge on any atom is 0.303 e. The van der Waals surface area contributed by atoms with Gasteiger partial charge in [0.15, 0.2) is 5.43 Å². The van der Waals surface area contributed by atoms with E-state index >= 15 is 0 Å². The molecule has 1 aromatic rings. The van der Waals surface area contributed by atoms with Crippen molar-refractivity contribution in [2.45, 2.75) is 19.3 Å². The molecule has 1 amide bonds. The molecule has 0 aliphatic carbocycles. The number of carbonyl (C=O) groups excluding carboxylic acids is 1. The van der Waals surface area contributed by atoms with Gasteiger partial charge in [0, 0.05) is 31.4 Å². The standard InChI is InChI=1S/C11H14N2O4/c14-9-4-6-12-7-8(9)11(17)13-5-2-1-3-10(15)16/h4,6-7H,1-3,5H2,(H,12,14)(H,13,17)(H,15,16). The van der Waals surface area contributed by atoms with Crippen molar-refractivity contribution in [3.05, 3.63) is 34.2 Å².